The molecule has 0 amide bonds. The van der Waals surface area contributed by atoms with Gasteiger partial charge in [0, 0.05) is 0 Å². The van der Waals surface area contributed by atoms with Gasteiger partial charge in [-0.1, -0.05) is 0 Å². The van der Waals surface area contributed by atoms with Crippen molar-refractivity contribution >= 4 is 24.5 Å². The molecule has 0 aliphatic rings. The van der Waals surface area contributed by atoms with Gasteiger partial charge in [-0.05, 0) is 0 Å². The summed E-state index contributed by atoms with van der Waals surface area (Å²) in [5.74, 6) is 0. The average molecular weight is 177 g/mol. The van der Waals surface area contributed by atoms with Crippen LogP contribution in [0.3, 0.4) is 0 Å². The van der Waals surface area contributed by atoms with Crippen LogP contribution in [0.15, 0.2) is 0 Å². The molecule has 0 bridgehead atoms. The van der Waals surface area contributed by atoms with Crippen molar-refractivity contribution in [3.63, 3.8) is 0 Å². The van der Waals surface area contributed by atoms with E-state index in [1.54, 1.807) is 0 Å². The Morgan fingerprint density at radius 3 is 1.50 bits per heavy atom. The first-order valence-electron chi connectivity index (χ1n) is 1.01. The van der Waals surface area contributed by atoms with E-state index in [0.29, 0.717) is 0 Å². The van der Waals surface area contributed by atoms with Gasteiger partial charge in [-0.3, -0.25) is 0 Å². The van der Waals surface area contributed by atoms with E-state index in [0.717, 1.165) is 0 Å². The number of alkyl halides is 3. The first-order valence-corrected chi connectivity index (χ1v) is 4.81. The van der Waals surface area contributed by atoms with Gasteiger partial charge in [-0.2, -0.15) is 0 Å². The van der Waals surface area contributed by atoms with Crippen LogP contribution in [0.4, 0.5) is 13.2 Å². The van der Waals surface area contributed by atoms with E-state index in [2.05, 4.69) is 10.0 Å². The van der Waals surface area contributed by atoms with Crippen molar-refractivity contribution in [2.75, 3.05) is 0 Å². The molecular weight excluding hydrogens is 177 g/mol. The molecule has 0 N–H and O–H groups in total. The van der Waals surface area contributed by atoms with E-state index in [1.165, 1.54) is 0 Å². The molecule has 5 heteroatoms. The van der Waals surface area contributed by atoms with Crippen molar-refractivity contribution in [2.24, 2.45) is 0 Å². The van der Waals surface area contributed by atoms with Crippen LogP contribution in [-0.4, -0.2) is 19.5 Å². The Bertz CT molecular complexity index is 40.5. The standard InChI is InChI=1S/CClF3Ge/c2-6-1(3,4)5. The van der Waals surface area contributed by atoms with Crippen molar-refractivity contribution in [3.05, 3.63) is 0 Å². The van der Waals surface area contributed by atoms with Gasteiger partial charge in [0.1, 0.15) is 0 Å². The first-order chi connectivity index (χ1) is 2.56. The maximum absolute atomic E-state index is 10.7. The monoisotopic (exact) mass is 178 g/mol. The number of halogens is 4. The topological polar surface area (TPSA) is 0 Å². The van der Waals surface area contributed by atoms with E-state index < -0.39 is 19.5 Å². The second-order valence-electron chi connectivity index (χ2n) is 0.592. The Balaban J connectivity index is 3.17. The molecule has 0 aromatic carbocycles. The Labute approximate surface area is 43.3 Å². The molecule has 6 heavy (non-hydrogen) atoms. The van der Waals surface area contributed by atoms with E-state index in [9.17, 15) is 13.2 Å². The SMILES string of the molecule is F[C](F)(F)[Ge][Cl]. The summed E-state index contributed by atoms with van der Waals surface area (Å²) in [5, 5.41) is -4.07. The Morgan fingerprint density at radius 2 is 1.50 bits per heavy atom. The Morgan fingerprint density at radius 1 is 1.33 bits per heavy atom. The summed E-state index contributed by atoms with van der Waals surface area (Å²) >= 11 is -2.17. The molecule has 2 radical (unpaired) electrons. The van der Waals surface area contributed by atoms with Gasteiger partial charge in [0.15, 0.2) is 0 Å². The summed E-state index contributed by atoms with van der Waals surface area (Å²) < 4.78 is 32.1. The molecule has 0 heterocycles. The number of rotatable bonds is 0. The summed E-state index contributed by atoms with van der Waals surface area (Å²) in [6, 6.07) is 0. The van der Waals surface area contributed by atoms with E-state index in [4.69, 9.17) is 0 Å². The molecule has 0 saturated carbocycles. The third kappa shape index (κ3) is 4.62. The van der Waals surface area contributed by atoms with Gasteiger partial charge in [0.25, 0.3) is 0 Å². The molecule has 0 nitrogen and oxygen atoms in total. The molecule has 0 fully saturated rings. The van der Waals surface area contributed by atoms with Crippen molar-refractivity contribution in [2.45, 2.75) is 5.01 Å². The van der Waals surface area contributed by atoms with Crippen LogP contribution in [0.2, 0.25) is 0 Å². The van der Waals surface area contributed by atoms with Crippen LogP contribution < -0.4 is 0 Å². The Hall–Kier alpha value is 0.623. The second-order valence-corrected chi connectivity index (χ2v) is 3.16. The predicted octanol–water partition coefficient (Wildman–Crippen LogP) is 1.36. The fourth-order valence-electron chi connectivity index (χ4n) is 0. The normalized spacial score (nSPS) is 12.0. The van der Waals surface area contributed by atoms with Gasteiger partial charge in [-0.25, -0.2) is 0 Å². The van der Waals surface area contributed by atoms with E-state index >= 15 is 0 Å². The average Bonchev–Trinajstić information content (AvgIpc) is 1.35. The summed E-state index contributed by atoms with van der Waals surface area (Å²) in [7, 11) is 4.48. The first kappa shape index (κ1) is 6.62. The van der Waals surface area contributed by atoms with Crippen molar-refractivity contribution in [1.29, 1.82) is 0 Å². The summed E-state index contributed by atoms with van der Waals surface area (Å²) in [6.07, 6.45) is 0. The zero-order valence-corrected chi connectivity index (χ0v) is 5.37. The maximum atomic E-state index is 10.7. The number of hydrogen-bond acceptors (Lipinski definition) is 0. The minimum atomic E-state index is -4.07. The number of hydrogen-bond donors (Lipinski definition) is 0. The van der Waals surface area contributed by atoms with Crippen molar-refractivity contribution in [1.82, 2.24) is 0 Å². The predicted molar refractivity (Wildman–Crippen MR) is 17.7 cm³/mol. The summed E-state index contributed by atoms with van der Waals surface area (Å²) in [6.45, 7) is 0. The van der Waals surface area contributed by atoms with Gasteiger partial charge in [0.2, 0.25) is 0 Å². The molecule has 0 rings (SSSR count). The molecular formula is CClF3Ge. The third-order valence-electron chi connectivity index (χ3n) is 0.107. The van der Waals surface area contributed by atoms with Gasteiger partial charge >= 0.3 is 42.7 Å². The molecule has 0 aromatic heterocycles. The van der Waals surface area contributed by atoms with Gasteiger partial charge < -0.3 is 0 Å². The van der Waals surface area contributed by atoms with Gasteiger partial charge in [0.05, 0.1) is 0 Å². The third-order valence-corrected chi connectivity index (χ3v) is 1.67. The van der Waals surface area contributed by atoms with Crippen LogP contribution >= 0.6 is 10.0 Å². The van der Waals surface area contributed by atoms with Crippen molar-refractivity contribution < 1.29 is 13.2 Å². The minimum absolute atomic E-state index is 2.17. The van der Waals surface area contributed by atoms with Crippen LogP contribution in [0, 0.1) is 0 Å². The zero-order chi connectivity index (χ0) is 5.21. The van der Waals surface area contributed by atoms with Gasteiger partial charge in [-0.15, -0.1) is 0 Å². The summed E-state index contributed by atoms with van der Waals surface area (Å²) in [4.78, 5) is 0. The van der Waals surface area contributed by atoms with Crippen LogP contribution in [0.5, 0.6) is 0 Å². The van der Waals surface area contributed by atoms with Crippen LogP contribution in [-0.2, 0) is 0 Å². The molecule has 0 atom stereocenters. The fraction of sp³-hybridized carbons (Fsp3) is 1.00. The van der Waals surface area contributed by atoms with Crippen LogP contribution in [0.25, 0.3) is 0 Å². The molecule has 0 spiro atoms. The molecule has 36 valence electrons. The van der Waals surface area contributed by atoms with Crippen LogP contribution in [0.1, 0.15) is 0 Å². The molecule has 0 aromatic rings. The molecule has 0 saturated heterocycles. The quantitative estimate of drug-likeness (QED) is 0.490. The van der Waals surface area contributed by atoms with Crippen molar-refractivity contribution in [3.8, 4) is 0 Å². The summed E-state index contributed by atoms with van der Waals surface area (Å²) in [5.41, 5.74) is 0. The fourth-order valence-corrected chi connectivity index (χ4v) is 0. The molecule has 0 unspecified atom stereocenters. The second kappa shape index (κ2) is 2.07. The molecule has 0 aliphatic carbocycles. The zero-order valence-electron chi connectivity index (χ0n) is 2.51. The van der Waals surface area contributed by atoms with E-state index in [1.807, 2.05) is 0 Å². The molecule has 0 aliphatic heterocycles. The van der Waals surface area contributed by atoms with E-state index in [-0.39, 0.29) is 0 Å². The Kier molecular flexibility index (Phi) is 2.28.